The molecule has 0 radical (unpaired) electrons. The Labute approximate surface area is 71.9 Å². The number of carboxylic acid groups (broad SMARTS) is 2. The van der Waals surface area contributed by atoms with Gasteiger partial charge in [0, 0.05) is 0 Å². The number of ether oxygens (including phenoxy) is 2. The lowest BCUT2D eigenvalue weighted by Crippen LogP contribution is -2.59. The standard InChI is InChI=1S/C6H6O7/c7-3(8)6(4(9)10)5(11)12-1-2-13-6/h1-2H2,(H,7,8)(H,9,10). The molecule has 0 spiro atoms. The molecule has 72 valence electrons. The van der Waals surface area contributed by atoms with Crippen LogP contribution < -0.4 is 0 Å². The van der Waals surface area contributed by atoms with E-state index in [4.69, 9.17) is 10.2 Å². The van der Waals surface area contributed by atoms with Crippen molar-refractivity contribution in [3.63, 3.8) is 0 Å². The van der Waals surface area contributed by atoms with Crippen molar-refractivity contribution in [1.82, 2.24) is 0 Å². The number of esters is 1. The van der Waals surface area contributed by atoms with Crippen molar-refractivity contribution in [3.8, 4) is 0 Å². The van der Waals surface area contributed by atoms with Crippen molar-refractivity contribution in [1.29, 1.82) is 0 Å². The van der Waals surface area contributed by atoms with E-state index in [0.29, 0.717) is 0 Å². The molecule has 0 saturated carbocycles. The van der Waals surface area contributed by atoms with Gasteiger partial charge in [0.2, 0.25) is 0 Å². The molecule has 1 saturated heterocycles. The number of hydrogen-bond donors (Lipinski definition) is 2. The largest absolute Gasteiger partial charge is 0.478 e. The maximum absolute atomic E-state index is 10.9. The Hall–Kier alpha value is -1.63. The van der Waals surface area contributed by atoms with Crippen molar-refractivity contribution in [2.45, 2.75) is 5.60 Å². The van der Waals surface area contributed by atoms with Gasteiger partial charge in [0.05, 0.1) is 6.61 Å². The first kappa shape index (κ1) is 9.46. The number of carbonyl (C=O) groups excluding carboxylic acids is 1. The van der Waals surface area contributed by atoms with Gasteiger partial charge in [-0.3, -0.25) is 0 Å². The Kier molecular flexibility index (Phi) is 2.20. The summed E-state index contributed by atoms with van der Waals surface area (Å²) in [6.45, 7) is -0.383. The molecule has 7 nitrogen and oxygen atoms in total. The van der Waals surface area contributed by atoms with Gasteiger partial charge in [-0.1, -0.05) is 0 Å². The second kappa shape index (κ2) is 3.02. The monoisotopic (exact) mass is 190 g/mol. The highest BCUT2D eigenvalue weighted by Crippen LogP contribution is 2.18. The second-order valence-electron chi connectivity index (χ2n) is 2.28. The lowest BCUT2D eigenvalue weighted by atomic mass is 10.0. The fourth-order valence-electron chi connectivity index (χ4n) is 0.879. The first-order valence-corrected chi connectivity index (χ1v) is 3.30. The highest BCUT2D eigenvalue weighted by atomic mass is 16.6. The minimum atomic E-state index is -2.89. The third-order valence-electron chi connectivity index (χ3n) is 1.52. The lowest BCUT2D eigenvalue weighted by molar-refractivity contribution is -0.209. The van der Waals surface area contributed by atoms with E-state index in [9.17, 15) is 14.4 Å². The zero-order valence-electron chi connectivity index (χ0n) is 6.35. The summed E-state index contributed by atoms with van der Waals surface area (Å²) in [4.78, 5) is 31.9. The van der Waals surface area contributed by atoms with Crippen LogP contribution in [0.3, 0.4) is 0 Å². The number of hydrogen-bond acceptors (Lipinski definition) is 5. The van der Waals surface area contributed by atoms with Gasteiger partial charge >= 0.3 is 23.5 Å². The molecule has 0 atom stereocenters. The zero-order chi connectivity index (χ0) is 10.1. The van der Waals surface area contributed by atoms with Crippen molar-refractivity contribution >= 4 is 17.9 Å². The maximum Gasteiger partial charge on any atom is 0.362 e. The average molecular weight is 190 g/mol. The molecule has 0 aromatic heterocycles. The summed E-state index contributed by atoms with van der Waals surface area (Å²) in [5.41, 5.74) is -2.89. The first-order valence-electron chi connectivity index (χ1n) is 3.30. The van der Waals surface area contributed by atoms with Crippen molar-refractivity contribution in [2.24, 2.45) is 0 Å². The van der Waals surface area contributed by atoms with Crippen molar-refractivity contribution in [3.05, 3.63) is 0 Å². The quantitative estimate of drug-likeness (QED) is 0.401. The topological polar surface area (TPSA) is 110 Å². The van der Waals surface area contributed by atoms with Gasteiger partial charge in [0.15, 0.2) is 0 Å². The number of carboxylic acids is 2. The summed E-state index contributed by atoms with van der Waals surface area (Å²) >= 11 is 0. The molecule has 0 bridgehead atoms. The molecule has 0 aliphatic carbocycles. The summed E-state index contributed by atoms with van der Waals surface area (Å²) in [5, 5.41) is 17.0. The molecule has 1 aliphatic rings. The number of rotatable bonds is 2. The fraction of sp³-hybridized carbons (Fsp3) is 0.500. The predicted molar refractivity (Wildman–Crippen MR) is 34.9 cm³/mol. The zero-order valence-corrected chi connectivity index (χ0v) is 6.35. The minimum Gasteiger partial charge on any atom is -0.478 e. The van der Waals surface area contributed by atoms with E-state index in [1.165, 1.54) is 0 Å². The molecule has 1 heterocycles. The number of cyclic esters (lactones) is 1. The molecule has 13 heavy (non-hydrogen) atoms. The van der Waals surface area contributed by atoms with Crippen LogP contribution in [-0.4, -0.2) is 46.9 Å². The van der Waals surface area contributed by atoms with E-state index in [-0.39, 0.29) is 13.2 Å². The van der Waals surface area contributed by atoms with Gasteiger partial charge < -0.3 is 19.7 Å². The Morgan fingerprint density at radius 2 is 1.77 bits per heavy atom. The number of aliphatic carboxylic acids is 2. The molecule has 0 amide bonds. The summed E-state index contributed by atoms with van der Waals surface area (Å²) in [6.07, 6.45) is 0. The second-order valence-corrected chi connectivity index (χ2v) is 2.28. The summed E-state index contributed by atoms with van der Waals surface area (Å²) in [5.74, 6) is -5.17. The molecule has 1 rings (SSSR count). The third kappa shape index (κ3) is 1.22. The van der Waals surface area contributed by atoms with Gasteiger partial charge in [-0.05, 0) is 0 Å². The molecule has 2 N–H and O–H groups in total. The van der Waals surface area contributed by atoms with Gasteiger partial charge in [-0.15, -0.1) is 0 Å². The van der Waals surface area contributed by atoms with Crippen LogP contribution in [0.4, 0.5) is 0 Å². The molecular formula is C6H6O7. The van der Waals surface area contributed by atoms with E-state index in [2.05, 4.69) is 9.47 Å². The summed E-state index contributed by atoms with van der Waals surface area (Å²) < 4.78 is 8.72. The Bertz CT molecular complexity index is 254. The van der Waals surface area contributed by atoms with E-state index >= 15 is 0 Å². The Morgan fingerprint density at radius 3 is 2.08 bits per heavy atom. The SMILES string of the molecule is O=C(O)C1(C(=O)O)OCCOC1=O. The molecule has 1 fully saturated rings. The Balaban J connectivity index is 3.07. The first-order chi connectivity index (χ1) is 6.01. The van der Waals surface area contributed by atoms with Crippen LogP contribution in [0.15, 0.2) is 0 Å². The van der Waals surface area contributed by atoms with Crippen LogP contribution in [-0.2, 0) is 23.9 Å². The van der Waals surface area contributed by atoms with Gasteiger partial charge in [0.25, 0.3) is 0 Å². The van der Waals surface area contributed by atoms with Crippen LogP contribution in [0.2, 0.25) is 0 Å². The fourth-order valence-corrected chi connectivity index (χ4v) is 0.879. The highest BCUT2D eigenvalue weighted by Gasteiger charge is 2.59. The maximum atomic E-state index is 10.9. The molecule has 0 unspecified atom stereocenters. The third-order valence-corrected chi connectivity index (χ3v) is 1.52. The number of carbonyl (C=O) groups is 3. The summed E-state index contributed by atoms with van der Waals surface area (Å²) in [6, 6.07) is 0. The van der Waals surface area contributed by atoms with Gasteiger partial charge in [0.1, 0.15) is 6.61 Å². The average Bonchev–Trinajstić information content (AvgIpc) is 2.04. The molecule has 0 aromatic rings. The molecule has 7 heteroatoms. The van der Waals surface area contributed by atoms with E-state index in [1.54, 1.807) is 0 Å². The van der Waals surface area contributed by atoms with E-state index in [0.717, 1.165) is 0 Å². The normalized spacial score (nSPS) is 20.5. The van der Waals surface area contributed by atoms with Crippen LogP contribution in [0.5, 0.6) is 0 Å². The van der Waals surface area contributed by atoms with Crippen molar-refractivity contribution < 1.29 is 34.1 Å². The van der Waals surface area contributed by atoms with Crippen LogP contribution in [0.25, 0.3) is 0 Å². The minimum absolute atomic E-state index is 0.138. The highest BCUT2D eigenvalue weighted by molar-refractivity contribution is 6.21. The van der Waals surface area contributed by atoms with Crippen molar-refractivity contribution in [2.75, 3.05) is 13.2 Å². The molecule has 0 aromatic carbocycles. The molecular weight excluding hydrogens is 184 g/mol. The Morgan fingerprint density at radius 1 is 1.23 bits per heavy atom. The van der Waals surface area contributed by atoms with E-state index in [1.807, 2.05) is 0 Å². The van der Waals surface area contributed by atoms with Gasteiger partial charge in [-0.2, -0.15) is 0 Å². The summed E-state index contributed by atoms with van der Waals surface area (Å²) in [7, 11) is 0. The van der Waals surface area contributed by atoms with Crippen LogP contribution >= 0.6 is 0 Å². The van der Waals surface area contributed by atoms with E-state index < -0.39 is 23.5 Å². The van der Waals surface area contributed by atoms with Gasteiger partial charge in [-0.25, -0.2) is 14.4 Å². The van der Waals surface area contributed by atoms with Crippen LogP contribution in [0, 0.1) is 0 Å². The smallest absolute Gasteiger partial charge is 0.362 e. The predicted octanol–water partition coefficient (Wildman–Crippen LogP) is -1.53. The molecule has 1 aliphatic heterocycles. The lowest BCUT2D eigenvalue weighted by Gasteiger charge is -2.26. The van der Waals surface area contributed by atoms with Crippen LogP contribution in [0.1, 0.15) is 0 Å².